The Morgan fingerprint density at radius 2 is 2.05 bits per heavy atom. The molecule has 1 N–H and O–H groups in total. The Kier molecular flexibility index (Phi) is 6.12. The molecule has 2 rings (SSSR count). The van der Waals surface area contributed by atoms with Gasteiger partial charge in [-0.3, -0.25) is 0 Å². The van der Waals surface area contributed by atoms with E-state index in [4.69, 9.17) is 4.74 Å². The van der Waals surface area contributed by atoms with Crippen LogP contribution in [0.3, 0.4) is 0 Å². The standard InChI is InChI=1S/C18H28BrNO/c1-4-21-17-8-5-14(13-16(17)19)9-10-18(2,3)11-12-20-15-6-7-15/h5,8,13,15,20H,4,6-7,9-12H2,1-3H3. The van der Waals surface area contributed by atoms with Gasteiger partial charge in [-0.1, -0.05) is 19.9 Å². The highest BCUT2D eigenvalue weighted by Crippen LogP contribution is 2.30. The monoisotopic (exact) mass is 353 g/mol. The minimum absolute atomic E-state index is 0.396. The molecule has 0 aromatic heterocycles. The molecule has 0 saturated heterocycles. The van der Waals surface area contributed by atoms with E-state index in [0.717, 1.165) is 29.2 Å². The Morgan fingerprint density at radius 1 is 1.29 bits per heavy atom. The Morgan fingerprint density at radius 3 is 2.67 bits per heavy atom. The summed E-state index contributed by atoms with van der Waals surface area (Å²) in [6, 6.07) is 7.28. The third-order valence-corrected chi connectivity index (χ3v) is 4.82. The van der Waals surface area contributed by atoms with Crippen LogP contribution in [0.2, 0.25) is 0 Å². The van der Waals surface area contributed by atoms with Gasteiger partial charge in [-0.15, -0.1) is 0 Å². The first-order chi connectivity index (χ1) is 10.00. The molecular weight excluding hydrogens is 326 g/mol. The largest absolute Gasteiger partial charge is 0.493 e. The van der Waals surface area contributed by atoms with Gasteiger partial charge in [0.15, 0.2) is 0 Å². The summed E-state index contributed by atoms with van der Waals surface area (Å²) >= 11 is 3.60. The lowest BCUT2D eigenvalue weighted by molar-refractivity contribution is 0.301. The van der Waals surface area contributed by atoms with E-state index in [9.17, 15) is 0 Å². The van der Waals surface area contributed by atoms with Crippen molar-refractivity contribution in [1.29, 1.82) is 0 Å². The maximum atomic E-state index is 5.56. The Bertz CT molecular complexity index is 455. The molecule has 1 saturated carbocycles. The van der Waals surface area contributed by atoms with Crippen LogP contribution < -0.4 is 10.1 Å². The number of nitrogens with one attached hydrogen (secondary N) is 1. The number of halogens is 1. The highest BCUT2D eigenvalue weighted by Gasteiger charge is 2.22. The van der Waals surface area contributed by atoms with Gasteiger partial charge in [0.1, 0.15) is 5.75 Å². The summed E-state index contributed by atoms with van der Waals surface area (Å²) in [7, 11) is 0. The highest BCUT2D eigenvalue weighted by molar-refractivity contribution is 9.10. The minimum Gasteiger partial charge on any atom is -0.493 e. The van der Waals surface area contributed by atoms with Gasteiger partial charge in [0.2, 0.25) is 0 Å². The van der Waals surface area contributed by atoms with E-state index < -0.39 is 0 Å². The molecule has 0 spiro atoms. The molecule has 21 heavy (non-hydrogen) atoms. The smallest absolute Gasteiger partial charge is 0.133 e. The van der Waals surface area contributed by atoms with Crippen LogP contribution in [0.5, 0.6) is 5.75 Å². The van der Waals surface area contributed by atoms with Gasteiger partial charge in [-0.25, -0.2) is 0 Å². The highest BCUT2D eigenvalue weighted by atomic mass is 79.9. The van der Waals surface area contributed by atoms with Gasteiger partial charge in [0, 0.05) is 6.04 Å². The Balaban J connectivity index is 1.78. The first kappa shape index (κ1) is 16.8. The Labute approximate surface area is 137 Å². The summed E-state index contributed by atoms with van der Waals surface area (Å²) in [5, 5.41) is 3.62. The molecule has 0 aliphatic heterocycles. The van der Waals surface area contributed by atoms with E-state index in [0.29, 0.717) is 12.0 Å². The van der Waals surface area contributed by atoms with E-state index in [1.807, 2.05) is 6.92 Å². The summed E-state index contributed by atoms with van der Waals surface area (Å²) in [4.78, 5) is 0. The van der Waals surface area contributed by atoms with E-state index in [-0.39, 0.29) is 0 Å². The van der Waals surface area contributed by atoms with Crippen LogP contribution in [0.1, 0.15) is 52.0 Å². The van der Waals surface area contributed by atoms with Crippen molar-refractivity contribution in [2.75, 3.05) is 13.2 Å². The number of ether oxygens (including phenoxy) is 1. The van der Waals surface area contributed by atoms with E-state index in [2.05, 4.69) is 53.3 Å². The third kappa shape index (κ3) is 5.99. The fraction of sp³-hybridized carbons (Fsp3) is 0.667. The van der Waals surface area contributed by atoms with Crippen molar-refractivity contribution in [3.8, 4) is 5.75 Å². The van der Waals surface area contributed by atoms with Gasteiger partial charge in [0.05, 0.1) is 11.1 Å². The van der Waals surface area contributed by atoms with E-state index in [1.54, 1.807) is 0 Å². The molecule has 1 aliphatic carbocycles. The number of benzene rings is 1. The van der Waals surface area contributed by atoms with Crippen molar-refractivity contribution in [1.82, 2.24) is 5.32 Å². The van der Waals surface area contributed by atoms with E-state index in [1.165, 1.54) is 31.2 Å². The van der Waals surface area contributed by atoms with Crippen LogP contribution in [-0.2, 0) is 6.42 Å². The number of hydrogen-bond donors (Lipinski definition) is 1. The summed E-state index contributed by atoms with van der Waals surface area (Å²) < 4.78 is 6.63. The van der Waals surface area contributed by atoms with Crippen LogP contribution in [-0.4, -0.2) is 19.2 Å². The minimum atomic E-state index is 0.396. The maximum Gasteiger partial charge on any atom is 0.133 e. The molecule has 1 aromatic rings. The van der Waals surface area contributed by atoms with Crippen molar-refractivity contribution < 1.29 is 4.74 Å². The predicted octanol–water partition coefficient (Wildman–Crippen LogP) is 4.95. The Hall–Kier alpha value is -0.540. The van der Waals surface area contributed by atoms with Crippen molar-refractivity contribution in [3.05, 3.63) is 28.2 Å². The number of hydrogen-bond acceptors (Lipinski definition) is 2. The molecule has 0 radical (unpaired) electrons. The van der Waals surface area contributed by atoms with Crippen LogP contribution in [0.4, 0.5) is 0 Å². The first-order valence-corrected chi connectivity index (χ1v) is 8.94. The SMILES string of the molecule is CCOc1ccc(CCC(C)(C)CCNC2CC2)cc1Br. The van der Waals surface area contributed by atoms with Crippen LogP contribution in [0.15, 0.2) is 22.7 Å². The molecule has 1 fully saturated rings. The zero-order chi connectivity index (χ0) is 15.3. The quantitative estimate of drug-likeness (QED) is 0.678. The molecule has 118 valence electrons. The first-order valence-electron chi connectivity index (χ1n) is 8.15. The molecule has 0 atom stereocenters. The lowest BCUT2D eigenvalue weighted by Crippen LogP contribution is -2.24. The second kappa shape index (κ2) is 7.64. The zero-order valence-corrected chi connectivity index (χ0v) is 15.1. The summed E-state index contributed by atoms with van der Waals surface area (Å²) in [5.41, 5.74) is 1.78. The number of aryl methyl sites for hydroxylation is 1. The summed E-state index contributed by atoms with van der Waals surface area (Å²) in [6.45, 7) is 8.64. The third-order valence-electron chi connectivity index (χ3n) is 4.20. The predicted molar refractivity (Wildman–Crippen MR) is 93.1 cm³/mol. The van der Waals surface area contributed by atoms with Crippen LogP contribution in [0.25, 0.3) is 0 Å². The van der Waals surface area contributed by atoms with Gasteiger partial charge in [-0.2, -0.15) is 0 Å². The lowest BCUT2D eigenvalue weighted by atomic mass is 9.83. The van der Waals surface area contributed by atoms with Crippen molar-refractivity contribution in [2.45, 2.75) is 58.9 Å². The molecule has 0 unspecified atom stereocenters. The summed E-state index contributed by atoms with van der Waals surface area (Å²) in [5.74, 6) is 0.939. The van der Waals surface area contributed by atoms with Crippen LogP contribution >= 0.6 is 15.9 Å². The van der Waals surface area contributed by atoms with Gasteiger partial charge < -0.3 is 10.1 Å². The second-order valence-electron chi connectivity index (χ2n) is 6.84. The maximum absolute atomic E-state index is 5.56. The summed E-state index contributed by atoms with van der Waals surface area (Å²) in [6.07, 6.45) is 6.35. The lowest BCUT2D eigenvalue weighted by Gasteiger charge is -2.25. The van der Waals surface area contributed by atoms with Crippen molar-refractivity contribution in [3.63, 3.8) is 0 Å². The fourth-order valence-electron chi connectivity index (χ4n) is 2.48. The fourth-order valence-corrected chi connectivity index (χ4v) is 3.02. The van der Waals surface area contributed by atoms with Crippen molar-refractivity contribution in [2.24, 2.45) is 5.41 Å². The molecule has 1 aromatic carbocycles. The zero-order valence-electron chi connectivity index (χ0n) is 13.5. The molecule has 3 heteroatoms. The van der Waals surface area contributed by atoms with Gasteiger partial charge in [-0.05, 0) is 84.6 Å². The molecule has 2 nitrogen and oxygen atoms in total. The second-order valence-corrected chi connectivity index (χ2v) is 7.69. The average molecular weight is 354 g/mol. The normalized spacial score (nSPS) is 15.2. The van der Waals surface area contributed by atoms with Crippen molar-refractivity contribution >= 4 is 15.9 Å². The average Bonchev–Trinajstić information content (AvgIpc) is 3.23. The molecule has 0 heterocycles. The molecule has 0 amide bonds. The molecule has 0 bridgehead atoms. The van der Waals surface area contributed by atoms with Crippen LogP contribution in [0, 0.1) is 5.41 Å². The topological polar surface area (TPSA) is 21.3 Å². The molecule has 1 aliphatic rings. The van der Waals surface area contributed by atoms with Gasteiger partial charge >= 0.3 is 0 Å². The number of rotatable bonds is 9. The van der Waals surface area contributed by atoms with Gasteiger partial charge in [0.25, 0.3) is 0 Å². The van der Waals surface area contributed by atoms with E-state index >= 15 is 0 Å². The molecular formula is C18H28BrNO.